The van der Waals surface area contributed by atoms with E-state index in [1.165, 1.54) is 6.07 Å². The maximum atomic E-state index is 12.6. The smallest absolute Gasteiger partial charge is 0.493 e. The number of aliphatic carboxylic acids is 2. The van der Waals surface area contributed by atoms with Crippen LogP contribution in [0.1, 0.15) is 51.4 Å². The summed E-state index contributed by atoms with van der Waals surface area (Å²) in [6, 6.07) is 3.15. The molecule has 158 valence electrons. The van der Waals surface area contributed by atoms with Crippen molar-refractivity contribution in [1.29, 1.82) is 0 Å². The van der Waals surface area contributed by atoms with Crippen LogP contribution in [0.15, 0.2) is 18.2 Å². The zero-order chi connectivity index (χ0) is 22.0. The molecule has 0 saturated carbocycles. The fourth-order valence-corrected chi connectivity index (χ4v) is 2.74. The van der Waals surface area contributed by atoms with E-state index in [1.807, 2.05) is 27.7 Å². The number of nitrogens with one attached hydrogen (secondary N) is 1. The molecule has 1 aliphatic heterocycles. The molecule has 2 rings (SSSR count). The summed E-state index contributed by atoms with van der Waals surface area (Å²) in [5, 5.41) is 20.2. The van der Waals surface area contributed by atoms with Gasteiger partial charge in [-0.2, -0.15) is 0 Å². The monoisotopic (exact) mass is 407 g/mol. The molecule has 1 heterocycles. The van der Waals surface area contributed by atoms with Crippen molar-refractivity contribution in [3.8, 4) is 5.75 Å². The molecule has 9 nitrogen and oxygen atoms in total. The van der Waals surface area contributed by atoms with Crippen molar-refractivity contribution in [3.05, 3.63) is 23.8 Å². The van der Waals surface area contributed by atoms with Crippen LogP contribution in [0.25, 0.3) is 0 Å². The fourth-order valence-electron chi connectivity index (χ4n) is 2.74. The number of rotatable bonds is 8. The van der Waals surface area contributed by atoms with Gasteiger partial charge in [-0.25, -0.2) is 4.79 Å². The standard InChI is InChI=1S/C19H26BNO8/c1-6-27-14-9-11(20-28-18(2,3)19(4,5)29-20)7-8-12(14)16(24)21-13(17(25)26)10-15(22)23/h7-9,13H,6,10H2,1-5H3,(H,21,24)(H,22,23)(H,25,26). The van der Waals surface area contributed by atoms with Crippen LogP contribution >= 0.6 is 0 Å². The van der Waals surface area contributed by atoms with Crippen LogP contribution in [-0.2, 0) is 18.9 Å². The number of ether oxygens (including phenoxy) is 1. The summed E-state index contributed by atoms with van der Waals surface area (Å²) in [6.07, 6.45) is -0.739. The zero-order valence-electron chi connectivity index (χ0n) is 17.1. The summed E-state index contributed by atoms with van der Waals surface area (Å²) in [6.45, 7) is 9.71. The van der Waals surface area contributed by atoms with Crippen molar-refractivity contribution >= 4 is 30.4 Å². The molecule has 1 aliphatic rings. The Morgan fingerprint density at radius 2 is 1.72 bits per heavy atom. The Morgan fingerprint density at radius 1 is 1.14 bits per heavy atom. The van der Waals surface area contributed by atoms with E-state index in [-0.39, 0.29) is 17.9 Å². The Labute approximate surface area is 169 Å². The third-order valence-electron chi connectivity index (χ3n) is 5.06. The van der Waals surface area contributed by atoms with Crippen molar-refractivity contribution in [2.24, 2.45) is 0 Å². The maximum Gasteiger partial charge on any atom is 0.494 e. The first-order chi connectivity index (χ1) is 13.4. The van der Waals surface area contributed by atoms with Crippen LogP contribution in [-0.4, -0.2) is 59.0 Å². The molecule has 1 atom stereocenters. The number of carbonyl (C=O) groups excluding carboxylic acids is 1. The normalized spacial score (nSPS) is 18.2. The van der Waals surface area contributed by atoms with Crippen molar-refractivity contribution in [3.63, 3.8) is 0 Å². The van der Waals surface area contributed by atoms with Gasteiger partial charge < -0.3 is 29.6 Å². The topological polar surface area (TPSA) is 131 Å². The average Bonchev–Trinajstić information content (AvgIpc) is 2.81. The molecule has 0 aromatic heterocycles. The van der Waals surface area contributed by atoms with Gasteiger partial charge in [0.15, 0.2) is 0 Å². The minimum absolute atomic E-state index is 0.0868. The van der Waals surface area contributed by atoms with Crippen LogP contribution in [0.4, 0.5) is 0 Å². The van der Waals surface area contributed by atoms with E-state index in [0.29, 0.717) is 5.46 Å². The molecule has 1 aromatic rings. The first-order valence-electron chi connectivity index (χ1n) is 9.26. The van der Waals surface area contributed by atoms with Gasteiger partial charge in [0, 0.05) is 0 Å². The first kappa shape index (κ1) is 22.7. The number of benzene rings is 1. The predicted octanol–water partition coefficient (Wildman–Crippen LogP) is 1.04. The highest BCUT2D eigenvalue weighted by molar-refractivity contribution is 6.62. The summed E-state index contributed by atoms with van der Waals surface area (Å²) in [5.41, 5.74) is -0.344. The molecule has 3 N–H and O–H groups in total. The fraction of sp³-hybridized carbons (Fsp3) is 0.526. The number of hydrogen-bond donors (Lipinski definition) is 3. The Bertz CT molecular complexity index is 791. The molecule has 0 aliphatic carbocycles. The number of amides is 1. The van der Waals surface area contributed by atoms with E-state index in [2.05, 4.69) is 5.32 Å². The molecule has 0 radical (unpaired) electrons. The lowest BCUT2D eigenvalue weighted by molar-refractivity contribution is -0.145. The Balaban J connectivity index is 2.29. The number of hydrogen-bond acceptors (Lipinski definition) is 6. The summed E-state index contributed by atoms with van der Waals surface area (Å²) in [5.74, 6) is -3.30. The van der Waals surface area contributed by atoms with Crippen LogP contribution in [0.3, 0.4) is 0 Å². The third kappa shape index (κ3) is 5.07. The van der Waals surface area contributed by atoms with Crippen LogP contribution < -0.4 is 15.5 Å². The van der Waals surface area contributed by atoms with E-state index >= 15 is 0 Å². The second kappa shape index (κ2) is 8.42. The minimum Gasteiger partial charge on any atom is -0.493 e. The second-order valence-corrected chi connectivity index (χ2v) is 7.74. The summed E-state index contributed by atoms with van der Waals surface area (Å²) in [4.78, 5) is 34.6. The van der Waals surface area contributed by atoms with Gasteiger partial charge in [-0.15, -0.1) is 0 Å². The highest BCUT2D eigenvalue weighted by Crippen LogP contribution is 2.36. The van der Waals surface area contributed by atoms with Gasteiger partial charge in [-0.1, -0.05) is 6.07 Å². The number of carboxylic acid groups (broad SMARTS) is 2. The second-order valence-electron chi connectivity index (χ2n) is 7.74. The van der Waals surface area contributed by atoms with Gasteiger partial charge in [-0.3, -0.25) is 9.59 Å². The number of carbonyl (C=O) groups is 3. The molecule has 1 fully saturated rings. The van der Waals surface area contributed by atoms with Crippen LogP contribution in [0.5, 0.6) is 5.75 Å². The zero-order valence-corrected chi connectivity index (χ0v) is 17.1. The van der Waals surface area contributed by atoms with Gasteiger partial charge in [0.1, 0.15) is 11.8 Å². The van der Waals surface area contributed by atoms with Crippen LogP contribution in [0.2, 0.25) is 0 Å². The highest BCUT2D eigenvalue weighted by Gasteiger charge is 2.51. The molecule has 1 saturated heterocycles. The van der Waals surface area contributed by atoms with Crippen molar-refractivity contribution < 1.29 is 38.6 Å². The Hall–Kier alpha value is -2.59. The quantitative estimate of drug-likeness (QED) is 0.545. The van der Waals surface area contributed by atoms with Crippen molar-refractivity contribution in [1.82, 2.24) is 5.32 Å². The molecular formula is C19H26BNO8. The Morgan fingerprint density at radius 3 is 2.21 bits per heavy atom. The molecule has 10 heteroatoms. The van der Waals surface area contributed by atoms with Gasteiger partial charge >= 0.3 is 19.1 Å². The van der Waals surface area contributed by atoms with E-state index in [1.54, 1.807) is 19.1 Å². The largest absolute Gasteiger partial charge is 0.494 e. The highest BCUT2D eigenvalue weighted by atomic mass is 16.7. The average molecular weight is 407 g/mol. The SMILES string of the molecule is CCOc1cc(B2OC(C)(C)C(C)(C)O2)ccc1C(=O)NC(CC(=O)O)C(=O)O. The maximum absolute atomic E-state index is 12.6. The van der Waals surface area contributed by atoms with Gasteiger partial charge in [0.25, 0.3) is 5.91 Å². The lowest BCUT2D eigenvalue weighted by atomic mass is 9.78. The van der Waals surface area contributed by atoms with E-state index in [0.717, 1.165) is 0 Å². The predicted molar refractivity (Wildman–Crippen MR) is 104 cm³/mol. The first-order valence-corrected chi connectivity index (χ1v) is 9.26. The summed E-state index contributed by atoms with van der Waals surface area (Å²) >= 11 is 0. The molecule has 1 amide bonds. The third-order valence-corrected chi connectivity index (χ3v) is 5.06. The number of carboxylic acids is 2. The summed E-state index contributed by atoms with van der Waals surface area (Å²) in [7, 11) is -0.657. The molecule has 1 unspecified atom stereocenters. The van der Waals surface area contributed by atoms with Gasteiger partial charge in [0.05, 0.1) is 29.8 Å². The van der Waals surface area contributed by atoms with Gasteiger partial charge in [0.2, 0.25) is 0 Å². The van der Waals surface area contributed by atoms with E-state index in [4.69, 9.17) is 24.3 Å². The molecule has 0 spiro atoms. The van der Waals surface area contributed by atoms with E-state index in [9.17, 15) is 14.4 Å². The molecule has 1 aromatic carbocycles. The molecule has 29 heavy (non-hydrogen) atoms. The van der Waals surface area contributed by atoms with Crippen LogP contribution in [0, 0.1) is 0 Å². The van der Waals surface area contributed by atoms with E-state index < -0.39 is 48.6 Å². The lowest BCUT2D eigenvalue weighted by Gasteiger charge is -2.32. The Kier molecular flexibility index (Phi) is 6.59. The molecule has 0 bridgehead atoms. The minimum atomic E-state index is -1.56. The van der Waals surface area contributed by atoms with Gasteiger partial charge in [-0.05, 0) is 52.2 Å². The molecular weight excluding hydrogens is 381 g/mol. The van der Waals surface area contributed by atoms with Crippen molar-refractivity contribution in [2.75, 3.05) is 6.61 Å². The lowest BCUT2D eigenvalue weighted by Crippen LogP contribution is -2.42. The summed E-state index contributed by atoms with van der Waals surface area (Å²) < 4.78 is 17.6. The van der Waals surface area contributed by atoms with Crippen molar-refractivity contribution in [2.45, 2.75) is 58.3 Å².